The molecule has 0 fully saturated rings. The van der Waals surface area contributed by atoms with E-state index in [0.29, 0.717) is 0 Å². The van der Waals surface area contributed by atoms with Crippen LogP contribution in [-0.4, -0.2) is 4.57 Å². The lowest BCUT2D eigenvalue weighted by atomic mass is 9.96. The molecule has 45 heavy (non-hydrogen) atoms. The molecule has 0 aliphatic rings. The predicted octanol–water partition coefficient (Wildman–Crippen LogP) is 11.9. The van der Waals surface area contributed by atoms with E-state index in [1.807, 2.05) is 0 Å². The summed E-state index contributed by atoms with van der Waals surface area (Å²) < 4.78 is 2.41. The van der Waals surface area contributed by atoms with Gasteiger partial charge < -0.3 is 9.47 Å². The number of fused-ring (bicyclic) bond motifs is 9. The van der Waals surface area contributed by atoms with E-state index >= 15 is 0 Å². The molecule has 212 valence electrons. The van der Waals surface area contributed by atoms with Gasteiger partial charge in [-0.15, -0.1) is 0 Å². The maximum Gasteiger partial charge on any atom is 0.0575 e. The first-order valence-electron chi connectivity index (χ1n) is 15.5. The quantitative estimate of drug-likeness (QED) is 0.190. The molecule has 0 saturated heterocycles. The van der Waals surface area contributed by atoms with Crippen LogP contribution in [0.3, 0.4) is 0 Å². The van der Waals surface area contributed by atoms with Crippen molar-refractivity contribution in [2.75, 3.05) is 4.90 Å². The number of nitrogens with zero attached hydrogens (tertiary/aromatic N) is 2. The summed E-state index contributed by atoms with van der Waals surface area (Å²) in [6.07, 6.45) is 0. The van der Waals surface area contributed by atoms with E-state index in [1.54, 1.807) is 0 Å². The molecule has 0 N–H and O–H groups in total. The fourth-order valence-electron chi connectivity index (χ4n) is 7.33. The number of rotatable bonds is 4. The van der Waals surface area contributed by atoms with Crippen LogP contribution < -0.4 is 4.90 Å². The summed E-state index contributed by atoms with van der Waals surface area (Å²) in [5, 5.41) is 10.3. The van der Waals surface area contributed by atoms with E-state index < -0.39 is 0 Å². The van der Waals surface area contributed by atoms with Gasteiger partial charge in [-0.2, -0.15) is 0 Å². The van der Waals surface area contributed by atoms with Crippen LogP contribution in [0.25, 0.3) is 65.3 Å². The Labute approximate surface area is 262 Å². The second kappa shape index (κ2) is 10.1. The standard InChI is InChI=1S/C43H30N2/c1-44-42-35(20-11-21-40(42)41-38-18-9-7-16-36(38)37-17-8-10-19-39(37)43(41)44)30-23-25-33(26-24-30)45(32-14-3-2-4-15-32)34-27-22-29-12-5-6-13-31(29)28-34/h2-28H,1H3. The highest BCUT2D eigenvalue weighted by atomic mass is 15.1. The van der Waals surface area contributed by atoms with Crippen molar-refractivity contribution in [3.05, 3.63) is 164 Å². The Morgan fingerprint density at radius 3 is 1.76 bits per heavy atom. The van der Waals surface area contributed by atoms with E-state index in [9.17, 15) is 0 Å². The molecule has 8 aromatic carbocycles. The van der Waals surface area contributed by atoms with Crippen LogP contribution in [0, 0.1) is 0 Å². The molecule has 1 heterocycles. The molecule has 0 atom stereocenters. The van der Waals surface area contributed by atoms with Gasteiger partial charge in [0.1, 0.15) is 0 Å². The van der Waals surface area contributed by atoms with Crippen molar-refractivity contribution in [2.45, 2.75) is 0 Å². The number of hydrogen-bond acceptors (Lipinski definition) is 1. The molecule has 0 spiro atoms. The highest BCUT2D eigenvalue weighted by molar-refractivity contribution is 6.32. The summed E-state index contributed by atoms with van der Waals surface area (Å²) in [5.74, 6) is 0. The maximum atomic E-state index is 2.41. The van der Waals surface area contributed by atoms with Crippen LogP contribution in [0.5, 0.6) is 0 Å². The molecular weight excluding hydrogens is 544 g/mol. The fourth-order valence-corrected chi connectivity index (χ4v) is 7.33. The van der Waals surface area contributed by atoms with Crippen LogP contribution in [-0.2, 0) is 7.05 Å². The number of benzene rings is 8. The second-order valence-corrected chi connectivity index (χ2v) is 11.8. The van der Waals surface area contributed by atoms with Crippen molar-refractivity contribution in [3.8, 4) is 11.1 Å². The number of hydrogen-bond donors (Lipinski definition) is 0. The first kappa shape index (κ1) is 25.6. The molecule has 0 amide bonds. The summed E-state index contributed by atoms with van der Waals surface area (Å²) >= 11 is 0. The highest BCUT2D eigenvalue weighted by Gasteiger charge is 2.19. The van der Waals surface area contributed by atoms with Crippen molar-refractivity contribution in [1.82, 2.24) is 4.57 Å². The molecule has 2 nitrogen and oxygen atoms in total. The van der Waals surface area contributed by atoms with Gasteiger partial charge in [0.15, 0.2) is 0 Å². The zero-order valence-corrected chi connectivity index (χ0v) is 25.0. The van der Waals surface area contributed by atoms with Crippen molar-refractivity contribution < 1.29 is 0 Å². The van der Waals surface area contributed by atoms with Crippen LogP contribution in [0.4, 0.5) is 17.1 Å². The van der Waals surface area contributed by atoms with Gasteiger partial charge in [-0.05, 0) is 68.9 Å². The summed E-state index contributed by atoms with van der Waals surface area (Å²) in [5.41, 5.74) is 8.39. The molecule has 0 bridgehead atoms. The Balaban J connectivity index is 1.23. The van der Waals surface area contributed by atoms with Gasteiger partial charge in [-0.1, -0.05) is 127 Å². The summed E-state index contributed by atoms with van der Waals surface area (Å²) in [4.78, 5) is 2.34. The first-order chi connectivity index (χ1) is 22.3. The van der Waals surface area contributed by atoms with Crippen LogP contribution in [0.1, 0.15) is 0 Å². The molecule has 9 rings (SSSR count). The zero-order chi connectivity index (χ0) is 29.9. The van der Waals surface area contributed by atoms with Crippen LogP contribution >= 0.6 is 0 Å². The average Bonchev–Trinajstić information content (AvgIpc) is 3.42. The number of aromatic nitrogens is 1. The van der Waals surface area contributed by atoms with Gasteiger partial charge in [0.25, 0.3) is 0 Å². The molecular formula is C43H30N2. The Morgan fingerprint density at radius 1 is 0.400 bits per heavy atom. The molecule has 0 aliphatic heterocycles. The lowest BCUT2D eigenvalue weighted by Gasteiger charge is -2.26. The minimum Gasteiger partial charge on any atom is -0.343 e. The van der Waals surface area contributed by atoms with E-state index in [0.717, 1.165) is 17.1 Å². The van der Waals surface area contributed by atoms with Gasteiger partial charge in [0.2, 0.25) is 0 Å². The predicted molar refractivity (Wildman–Crippen MR) is 193 cm³/mol. The van der Waals surface area contributed by atoms with Crippen LogP contribution in [0.15, 0.2) is 164 Å². The smallest absolute Gasteiger partial charge is 0.0575 e. The van der Waals surface area contributed by atoms with E-state index in [-0.39, 0.29) is 0 Å². The average molecular weight is 575 g/mol. The minimum atomic E-state index is 1.13. The highest BCUT2D eigenvalue weighted by Crippen LogP contribution is 2.43. The molecule has 0 unspecified atom stereocenters. The lowest BCUT2D eigenvalue weighted by molar-refractivity contribution is 1.02. The Kier molecular flexibility index (Phi) is 5.76. The number of aryl methyl sites for hydroxylation is 1. The fraction of sp³-hybridized carbons (Fsp3) is 0.0233. The summed E-state index contributed by atoms with van der Waals surface area (Å²) in [7, 11) is 2.22. The van der Waals surface area contributed by atoms with Gasteiger partial charge in [-0.25, -0.2) is 0 Å². The molecule has 1 aromatic heterocycles. The Morgan fingerprint density at radius 2 is 0.978 bits per heavy atom. The third kappa shape index (κ3) is 3.96. The maximum absolute atomic E-state index is 2.41. The summed E-state index contributed by atoms with van der Waals surface area (Å²) in [6.45, 7) is 0. The first-order valence-corrected chi connectivity index (χ1v) is 15.5. The molecule has 0 radical (unpaired) electrons. The van der Waals surface area contributed by atoms with Gasteiger partial charge in [-0.3, -0.25) is 0 Å². The van der Waals surface area contributed by atoms with Crippen molar-refractivity contribution in [2.24, 2.45) is 7.05 Å². The van der Waals surface area contributed by atoms with Crippen LogP contribution in [0.2, 0.25) is 0 Å². The van der Waals surface area contributed by atoms with Crippen molar-refractivity contribution in [1.29, 1.82) is 0 Å². The van der Waals surface area contributed by atoms with Gasteiger partial charge >= 0.3 is 0 Å². The van der Waals surface area contributed by atoms with E-state index in [1.165, 1.54) is 65.3 Å². The van der Waals surface area contributed by atoms with E-state index in [2.05, 4.69) is 180 Å². The third-order valence-electron chi connectivity index (χ3n) is 9.32. The second-order valence-electron chi connectivity index (χ2n) is 11.8. The SMILES string of the molecule is Cn1c2c(-c3ccc(N(c4ccccc4)c4ccc5ccccc5c4)cc3)cccc2c2c3ccccc3c3ccccc3c21. The number of anilines is 3. The largest absolute Gasteiger partial charge is 0.343 e. The van der Waals surface area contributed by atoms with Crippen molar-refractivity contribution >= 4 is 71.2 Å². The Bertz CT molecular complexity index is 2540. The molecule has 2 heteroatoms. The third-order valence-corrected chi connectivity index (χ3v) is 9.32. The topological polar surface area (TPSA) is 8.17 Å². The number of para-hydroxylation sites is 2. The van der Waals surface area contributed by atoms with Gasteiger partial charge in [0.05, 0.1) is 11.0 Å². The molecule has 9 aromatic rings. The van der Waals surface area contributed by atoms with Crippen molar-refractivity contribution in [3.63, 3.8) is 0 Å². The minimum absolute atomic E-state index is 1.13. The Hall–Kier alpha value is -5.86. The summed E-state index contributed by atoms with van der Waals surface area (Å²) in [6, 6.07) is 59.3. The molecule has 0 saturated carbocycles. The normalized spacial score (nSPS) is 11.7. The zero-order valence-electron chi connectivity index (χ0n) is 25.0. The van der Waals surface area contributed by atoms with Gasteiger partial charge in [0, 0.05) is 45.8 Å². The lowest BCUT2D eigenvalue weighted by Crippen LogP contribution is -2.09. The van der Waals surface area contributed by atoms with E-state index in [4.69, 9.17) is 0 Å². The monoisotopic (exact) mass is 574 g/mol. The molecule has 0 aliphatic carbocycles.